The summed E-state index contributed by atoms with van der Waals surface area (Å²) >= 11 is 5.43. The summed E-state index contributed by atoms with van der Waals surface area (Å²) in [5, 5.41) is 0. The van der Waals surface area contributed by atoms with Crippen molar-refractivity contribution in [2.75, 3.05) is 18.2 Å². The van der Waals surface area contributed by atoms with Gasteiger partial charge in [0.25, 0.3) is 0 Å². The van der Waals surface area contributed by atoms with Gasteiger partial charge in [0.2, 0.25) is 0 Å². The fraction of sp³-hybridized carbons (Fsp3) is 0.364. The molecule has 0 bridgehead atoms. The second-order valence-electron chi connectivity index (χ2n) is 3.14. The normalized spacial score (nSPS) is 10.0. The van der Waals surface area contributed by atoms with E-state index in [9.17, 15) is 4.79 Å². The molecule has 4 heteroatoms. The molecule has 0 fully saturated rings. The third kappa shape index (κ3) is 3.44. The van der Waals surface area contributed by atoms with Gasteiger partial charge in [0.15, 0.2) is 5.78 Å². The molecule has 1 aromatic rings. The average Bonchev–Trinajstić information content (AvgIpc) is 2.23. The number of hydrogen-bond donors (Lipinski definition) is 1. The first kappa shape index (κ1) is 11.9. The molecule has 0 heterocycles. The van der Waals surface area contributed by atoms with Crippen molar-refractivity contribution >= 4 is 23.1 Å². The predicted molar refractivity (Wildman–Crippen MR) is 61.5 cm³/mol. The third-order valence-corrected chi connectivity index (χ3v) is 2.26. The monoisotopic (exact) mass is 227 g/mol. The number of anilines is 1. The number of rotatable bonds is 5. The van der Waals surface area contributed by atoms with Crippen LogP contribution < -0.4 is 10.5 Å². The summed E-state index contributed by atoms with van der Waals surface area (Å²) in [5.41, 5.74) is 7.10. The minimum absolute atomic E-state index is 0.0122. The van der Waals surface area contributed by atoms with Crippen molar-refractivity contribution in [1.82, 2.24) is 0 Å². The molecule has 0 saturated heterocycles. The fourth-order valence-corrected chi connectivity index (χ4v) is 1.35. The van der Waals surface area contributed by atoms with Crippen LogP contribution in [-0.2, 0) is 11.2 Å². The van der Waals surface area contributed by atoms with Gasteiger partial charge >= 0.3 is 0 Å². The van der Waals surface area contributed by atoms with Crippen LogP contribution in [0.15, 0.2) is 18.2 Å². The Balaban J connectivity index is 2.85. The van der Waals surface area contributed by atoms with Crippen molar-refractivity contribution in [1.29, 1.82) is 0 Å². The molecule has 0 unspecified atom stereocenters. The first-order valence-corrected chi connectivity index (χ1v) is 5.29. The van der Waals surface area contributed by atoms with Crippen LogP contribution in [0.3, 0.4) is 0 Å². The number of carbonyl (C=O) groups excluding carboxylic acids is 1. The van der Waals surface area contributed by atoms with Crippen molar-refractivity contribution in [2.45, 2.75) is 13.3 Å². The zero-order valence-electron chi connectivity index (χ0n) is 8.63. The molecular weight excluding hydrogens is 214 g/mol. The molecule has 0 aliphatic carbocycles. The molecule has 1 rings (SSSR count). The van der Waals surface area contributed by atoms with Gasteiger partial charge in [0.1, 0.15) is 5.75 Å². The Hall–Kier alpha value is -1.22. The van der Waals surface area contributed by atoms with E-state index in [4.69, 9.17) is 22.1 Å². The van der Waals surface area contributed by atoms with Crippen LogP contribution in [0.1, 0.15) is 12.5 Å². The standard InChI is InChI=1S/C11H14ClNO2/c1-2-15-10-3-4-11(13)8(6-10)5-9(14)7-12/h3-4,6H,2,5,7,13H2,1H3. The summed E-state index contributed by atoms with van der Waals surface area (Å²) in [6.45, 7) is 2.49. The molecule has 0 aromatic heterocycles. The largest absolute Gasteiger partial charge is 0.494 e. The summed E-state index contributed by atoms with van der Waals surface area (Å²) in [5.74, 6) is 0.694. The minimum atomic E-state index is -0.0444. The highest BCUT2D eigenvalue weighted by Crippen LogP contribution is 2.20. The summed E-state index contributed by atoms with van der Waals surface area (Å²) in [6, 6.07) is 5.30. The zero-order chi connectivity index (χ0) is 11.3. The number of Topliss-reactive ketones (excluding diaryl/α,β-unsaturated/α-hetero) is 1. The number of alkyl halides is 1. The highest BCUT2D eigenvalue weighted by molar-refractivity contribution is 6.27. The quantitative estimate of drug-likeness (QED) is 0.619. The molecule has 82 valence electrons. The van der Waals surface area contributed by atoms with Gasteiger partial charge in [-0.15, -0.1) is 11.6 Å². The molecule has 0 saturated carbocycles. The zero-order valence-corrected chi connectivity index (χ0v) is 9.38. The number of nitrogen functional groups attached to an aromatic ring is 1. The molecule has 1 aromatic carbocycles. The van der Waals surface area contributed by atoms with E-state index in [1.807, 2.05) is 6.92 Å². The maximum absolute atomic E-state index is 11.2. The maximum Gasteiger partial charge on any atom is 0.152 e. The van der Waals surface area contributed by atoms with Gasteiger partial charge in [0.05, 0.1) is 12.5 Å². The second kappa shape index (κ2) is 5.61. The molecule has 2 N–H and O–H groups in total. The van der Waals surface area contributed by atoms with E-state index < -0.39 is 0 Å². The second-order valence-corrected chi connectivity index (χ2v) is 3.41. The van der Waals surface area contributed by atoms with Crippen molar-refractivity contribution in [3.63, 3.8) is 0 Å². The summed E-state index contributed by atoms with van der Waals surface area (Å²) in [7, 11) is 0. The third-order valence-electron chi connectivity index (χ3n) is 1.96. The van der Waals surface area contributed by atoms with Gasteiger partial charge in [-0.1, -0.05) is 0 Å². The molecular formula is C11H14ClNO2. The van der Waals surface area contributed by atoms with Crippen molar-refractivity contribution in [2.24, 2.45) is 0 Å². The number of halogens is 1. The van der Waals surface area contributed by atoms with Crippen LogP contribution in [0.2, 0.25) is 0 Å². The van der Waals surface area contributed by atoms with Gasteiger partial charge in [-0.3, -0.25) is 4.79 Å². The van der Waals surface area contributed by atoms with E-state index >= 15 is 0 Å². The van der Waals surface area contributed by atoms with Crippen LogP contribution >= 0.6 is 11.6 Å². The van der Waals surface area contributed by atoms with Crippen LogP contribution in [-0.4, -0.2) is 18.3 Å². The van der Waals surface area contributed by atoms with Crippen molar-refractivity contribution in [3.8, 4) is 5.75 Å². The number of hydrogen-bond acceptors (Lipinski definition) is 3. The van der Waals surface area contributed by atoms with Crippen LogP contribution in [0, 0.1) is 0 Å². The fourth-order valence-electron chi connectivity index (χ4n) is 1.25. The molecule has 0 spiro atoms. The first-order valence-electron chi connectivity index (χ1n) is 4.76. The lowest BCUT2D eigenvalue weighted by Crippen LogP contribution is -2.06. The molecule has 3 nitrogen and oxygen atoms in total. The Kier molecular flexibility index (Phi) is 4.43. The van der Waals surface area contributed by atoms with Gasteiger partial charge in [-0.05, 0) is 30.7 Å². The Morgan fingerprint density at radius 3 is 2.87 bits per heavy atom. The SMILES string of the molecule is CCOc1ccc(N)c(CC(=O)CCl)c1. The molecule has 0 atom stereocenters. The lowest BCUT2D eigenvalue weighted by Gasteiger charge is -2.08. The van der Waals surface area contributed by atoms with E-state index in [1.54, 1.807) is 18.2 Å². The van der Waals surface area contributed by atoms with Gasteiger partial charge in [0, 0.05) is 12.1 Å². The number of ether oxygens (including phenoxy) is 1. The number of nitrogens with two attached hydrogens (primary N) is 1. The van der Waals surface area contributed by atoms with Gasteiger partial charge < -0.3 is 10.5 Å². The summed E-state index contributed by atoms with van der Waals surface area (Å²) < 4.78 is 5.32. The molecule has 0 aliphatic rings. The Morgan fingerprint density at radius 2 is 2.27 bits per heavy atom. The Labute approximate surface area is 94.2 Å². The van der Waals surface area contributed by atoms with Crippen LogP contribution in [0.4, 0.5) is 5.69 Å². The molecule has 0 radical (unpaired) electrons. The predicted octanol–water partition coefficient (Wildman–Crippen LogP) is 2.02. The van der Waals surface area contributed by atoms with Crippen molar-refractivity contribution in [3.05, 3.63) is 23.8 Å². The Morgan fingerprint density at radius 1 is 1.53 bits per heavy atom. The molecule has 15 heavy (non-hydrogen) atoms. The summed E-state index contributed by atoms with van der Waals surface area (Å²) in [4.78, 5) is 11.2. The lowest BCUT2D eigenvalue weighted by atomic mass is 10.1. The van der Waals surface area contributed by atoms with E-state index in [-0.39, 0.29) is 18.1 Å². The van der Waals surface area contributed by atoms with Gasteiger partial charge in [-0.25, -0.2) is 0 Å². The van der Waals surface area contributed by atoms with Crippen LogP contribution in [0.25, 0.3) is 0 Å². The Bertz CT molecular complexity index is 352. The lowest BCUT2D eigenvalue weighted by molar-refractivity contribution is -0.116. The number of ketones is 1. The topological polar surface area (TPSA) is 52.3 Å². The van der Waals surface area contributed by atoms with E-state index in [2.05, 4.69) is 0 Å². The van der Waals surface area contributed by atoms with E-state index in [0.29, 0.717) is 12.3 Å². The van der Waals surface area contributed by atoms with E-state index in [1.165, 1.54) is 0 Å². The molecule has 0 amide bonds. The van der Waals surface area contributed by atoms with Crippen molar-refractivity contribution < 1.29 is 9.53 Å². The maximum atomic E-state index is 11.2. The first-order chi connectivity index (χ1) is 7.17. The van der Waals surface area contributed by atoms with Crippen LogP contribution in [0.5, 0.6) is 5.75 Å². The smallest absolute Gasteiger partial charge is 0.152 e. The highest BCUT2D eigenvalue weighted by Gasteiger charge is 2.06. The van der Waals surface area contributed by atoms with E-state index in [0.717, 1.165) is 11.3 Å². The highest BCUT2D eigenvalue weighted by atomic mass is 35.5. The number of benzene rings is 1. The minimum Gasteiger partial charge on any atom is -0.494 e. The number of carbonyl (C=O) groups is 1. The average molecular weight is 228 g/mol. The van der Waals surface area contributed by atoms with Gasteiger partial charge in [-0.2, -0.15) is 0 Å². The molecule has 0 aliphatic heterocycles. The summed E-state index contributed by atoms with van der Waals surface area (Å²) in [6.07, 6.45) is 0.260.